The summed E-state index contributed by atoms with van der Waals surface area (Å²) < 4.78 is 0. The number of nitrogens with one attached hydrogen (secondary N) is 1. The van der Waals surface area contributed by atoms with E-state index in [1.807, 2.05) is 19.1 Å². The Hall–Kier alpha value is -3.33. The van der Waals surface area contributed by atoms with E-state index >= 15 is 0 Å². The Morgan fingerprint density at radius 3 is 2.48 bits per heavy atom. The number of hydrogen-bond acceptors (Lipinski definition) is 4. The van der Waals surface area contributed by atoms with E-state index in [1.54, 1.807) is 29.2 Å². The van der Waals surface area contributed by atoms with Gasteiger partial charge in [-0.05, 0) is 68.8 Å². The molecule has 150 valence electrons. The molecule has 6 heteroatoms. The minimum absolute atomic E-state index is 0.0801. The molecule has 1 fully saturated rings. The van der Waals surface area contributed by atoms with Crippen LogP contribution >= 0.6 is 0 Å². The monoisotopic (exact) mass is 390 g/mol. The zero-order valence-corrected chi connectivity index (χ0v) is 17.1. The molecule has 1 N–H and O–H groups in total. The SMILES string of the molecule is CCN(CC)c1ccc(NC(=O)C2CC(=O)N(c3ccc(C#N)cc3)C2)c(C)c1. The summed E-state index contributed by atoms with van der Waals surface area (Å²) in [5, 5.41) is 11.9. The zero-order valence-electron chi connectivity index (χ0n) is 17.1. The summed E-state index contributed by atoms with van der Waals surface area (Å²) in [5.41, 5.74) is 4.15. The van der Waals surface area contributed by atoms with Crippen LogP contribution < -0.4 is 15.1 Å². The first-order valence-electron chi connectivity index (χ1n) is 9.93. The molecule has 0 bridgehead atoms. The van der Waals surface area contributed by atoms with Gasteiger partial charge in [-0.3, -0.25) is 9.59 Å². The standard InChI is InChI=1S/C23H26N4O2/c1-4-26(5-2)20-10-11-21(16(3)12-20)25-23(29)18-13-22(28)27(15-18)19-8-6-17(14-24)7-9-19/h6-12,18H,4-5,13,15H2,1-3H3,(H,25,29). The van der Waals surface area contributed by atoms with E-state index in [4.69, 9.17) is 5.26 Å². The topological polar surface area (TPSA) is 76.4 Å². The van der Waals surface area contributed by atoms with Crippen LogP contribution in [0.15, 0.2) is 42.5 Å². The van der Waals surface area contributed by atoms with Crippen LogP contribution in [0.4, 0.5) is 17.1 Å². The molecule has 2 aromatic rings. The van der Waals surface area contributed by atoms with Crippen molar-refractivity contribution in [3.8, 4) is 6.07 Å². The van der Waals surface area contributed by atoms with Gasteiger partial charge >= 0.3 is 0 Å². The highest BCUT2D eigenvalue weighted by Gasteiger charge is 2.35. The van der Waals surface area contributed by atoms with Gasteiger partial charge in [-0.2, -0.15) is 5.26 Å². The number of rotatable bonds is 6. The third-order valence-corrected chi connectivity index (χ3v) is 5.40. The molecule has 1 heterocycles. The molecule has 3 rings (SSSR count). The second-order valence-corrected chi connectivity index (χ2v) is 7.22. The van der Waals surface area contributed by atoms with E-state index in [0.29, 0.717) is 17.8 Å². The molecular weight excluding hydrogens is 364 g/mol. The first kappa shape index (κ1) is 20.4. The van der Waals surface area contributed by atoms with Gasteiger partial charge in [-0.1, -0.05) is 0 Å². The number of carbonyl (C=O) groups excluding carboxylic acids is 2. The lowest BCUT2D eigenvalue weighted by Crippen LogP contribution is -2.28. The molecule has 6 nitrogen and oxygen atoms in total. The predicted molar refractivity (Wildman–Crippen MR) is 115 cm³/mol. The van der Waals surface area contributed by atoms with Crippen LogP contribution in [0.2, 0.25) is 0 Å². The van der Waals surface area contributed by atoms with Crippen LogP contribution in [0.5, 0.6) is 0 Å². The Labute approximate surface area is 171 Å². The highest BCUT2D eigenvalue weighted by Crippen LogP contribution is 2.28. The van der Waals surface area contributed by atoms with E-state index in [1.165, 1.54) is 0 Å². The molecule has 1 atom stereocenters. The lowest BCUT2D eigenvalue weighted by Gasteiger charge is -2.22. The highest BCUT2D eigenvalue weighted by atomic mass is 16.2. The third-order valence-electron chi connectivity index (χ3n) is 5.40. The molecule has 1 unspecified atom stereocenters. The van der Waals surface area contributed by atoms with E-state index in [9.17, 15) is 9.59 Å². The molecule has 1 aliphatic heterocycles. The van der Waals surface area contributed by atoms with Crippen LogP contribution in [-0.4, -0.2) is 31.4 Å². The summed E-state index contributed by atoms with van der Waals surface area (Å²) in [6, 6.07) is 14.9. The Balaban J connectivity index is 1.68. The number of nitrogens with zero attached hydrogens (tertiary/aromatic N) is 3. The van der Waals surface area contributed by atoms with Crippen LogP contribution in [0.25, 0.3) is 0 Å². The van der Waals surface area contributed by atoms with E-state index in [2.05, 4.69) is 36.2 Å². The van der Waals surface area contributed by atoms with Gasteiger partial charge in [-0.25, -0.2) is 0 Å². The maximum atomic E-state index is 12.8. The minimum atomic E-state index is -0.403. The number of nitriles is 1. The smallest absolute Gasteiger partial charge is 0.229 e. The average Bonchev–Trinajstić information content (AvgIpc) is 3.12. The van der Waals surface area contributed by atoms with Crippen molar-refractivity contribution in [2.75, 3.05) is 34.8 Å². The van der Waals surface area contributed by atoms with Crippen molar-refractivity contribution in [3.05, 3.63) is 53.6 Å². The number of amides is 2. The van der Waals surface area contributed by atoms with Crippen molar-refractivity contribution in [2.24, 2.45) is 5.92 Å². The van der Waals surface area contributed by atoms with E-state index < -0.39 is 5.92 Å². The fourth-order valence-corrected chi connectivity index (χ4v) is 3.66. The molecule has 0 spiro atoms. The van der Waals surface area contributed by atoms with E-state index in [-0.39, 0.29) is 18.2 Å². The Kier molecular flexibility index (Phi) is 6.18. The van der Waals surface area contributed by atoms with Crippen molar-refractivity contribution in [3.63, 3.8) is 0 Å². The van der Waals surface area contributed by atoms with Gasteiger partial charge in [0.1, 0.15) is 0 Å². The highest BCUT2D eigenvalue weighted by molar-refractivity contribution is 6.03. The van der Waals surface area contributed by atoms with Crippen LogP contribution in [0.3, 0.4) is 0 Å². The second-order valence-electron chi connectivity index (χ2n) is 7.22. The van der Waals surface area contributed by atoms with Gasteiger partial charge < -0.3 is 15.1 Å². The number of benzene rings is 2. The first-order valence-corrected chi connectivity index (χ1v) is 9.93. The first-order chi connectivity index (χ1) is 14.0. The van der Waals surface area contributed by atoms with Crippen molar-refractivity contribution in [1.29, 1.82) is 5.26 Å². The zero-order chi connectivity index (χ0) is 21.0. The lowest BCUT2D eigenvalue weighted by atomic mass is 10.1. The van der Waals surface area contributed by atoms with Crippen LogP contribution in [-0.2, 0) is 9.59 Å². The fraction of sp³-hybridized carbons (Fsp3) is 0.348. The molecule has 0 aliphatic carbocycles. The largest absolute Gasteiger partial charge is 0.372 e. The molecule has 2 amide bonds. The van der Waals surface area contributed by atoms with Gasteiger partial charge in [0.05, 0.1) is 17.6 Å². The third kappa shape index (κ3) is 4.40. The van der Waals surface area contributed by atoms with E-state index in [0.717, 1.165) is 30.0 Å². The molecule has 29 heavy (non-hydrogen) atoms. The molecule has 0 aromatic heterocycles. The lowest BCUT2D eigenvalue weighted by molar-refractivity contribution is -0.122. The Morgan fingerprint density at radius 1 is 1.21 bits per heavy atom. The summed E-state index contributed by atoms with van der Waals surface area (Å²) >= 11 is 0. The van der Waals surface area contributed by atoms with Gasteiger partial charge in [0.15, 0.2) is 0 Å². The Bertz CT molecular complexity index is 942. The predicted octanol–water partition coefficient (Wildman–Crippen LogP) is 3.70. The van der Waals surface area contributed by atoms with Crippen molar-refractivity contribution >= 4 is 28.9 Å². The quantitative estimate of drug-likeness (QED) is 0.816. The molecule has 2 aromatic carbocycles. The number of aryl methyl sites for hydroxylation is 1. The molecule has 0 radical (unpaired) electrons. The van der Waals surface area contributed by atoms with Crippen LogP contribution in [0.1, 0.15) is 31.4 Å². The van der Waals surface area contributed by atoms with Gasteiger partial charge in [-0.15, -0.1) is 0 Å². The normalized spacial score (nSPS) is 15.9. The average molecular weight is 390 g/mol. The van der Waals surface area contributed by atoms with Crippen molar-refractivity contribution < 1.29 is 9.59 Å². The van der Waals surface area contributed by atoms with Gasteiger partial charge in [0.2, 0.25) is 11.8 Å². The van der Waals surface area contributed by atoms with Gasteiger partial charge in [0.25, 0.3) is 0 Å². The van der Waals surface area contributed by atoms with Crippen LogP contribution in [0, 0.1) is 24.2 Å². The Morgan fingerprint density at radius 2 is 1.90 bits per heavy atom. The maximum absolute atomic E-state index is 12.8. The minimum Gasteiger partial charge on any atom is -0.372 e. The second kappa shape index (κ2) is 8.78. The molecule has 0 saturated carbocycles. The summed E-state index contributed by atoms with van der Waals surface area (Å²) in [7, 11) is 0. The number of carbonyl (C=O) groups is 2. The summed E-state index contributed by atoms with van der Waals surface area (Å²) in [4.78, 5) is 29.1. The molecule has 1 saturated heterocycles. The van der Waals surface area contributed by atoms with Crippen molar-refractivity contribution in [2.45, 2.75) is 27.2 Å². The summed E-state index contributed by atoms with van der Waals surface area (Å²) in [6.45, 7) is 8.41. The summed E-state index contributed by atoms with van der Waals surface area (Å²) in [6.07, 6.45) is 0.183. The molecule has 1 aliphatic rings. The van der Waals surface area contributed by atoms with Gasteiger partial charge in [0, 0.05) is 43.1 Å². The summed E-state index contributed by atoms with van der Waals surface area (Å²) in [5.74, 6) is -0.628. The number of hydrogen-bond donors (Lipinski definition) is 1. The molecular formula is C23H26N4O2. The maximum Gasteiger partial charge on any atom is 0.229 e. The number of anilines is 3. The van der Waals surface area contributed by atoms with Crippen molar-refractivity contribution in [1.82, 2.24) is 0 Å². The fourth-order valence-electron chi connectivity index (χ4n) is 3.66.